The molecular formula is C13H17BrN4. The van der Waals surface area contributed by atoms with Gasteiger partial charge in [0.2, 0.25) is 0 Å². The van der Waals surface area contributed by atoms with Crippen molar-refractivity contribution in [3.05, 3.63) is 33.7 Å². The standard InChI is InChI=1S/C13H17BrN4/c1-4-9-6-10(5-2)18(17-9)13-12(14)8(3)11(15)7-16-13/h6-7H,4-5,15H2,1-3H3. The molecule has 0 aliphatic heterocycles. The van der Waals surface area contributed by atoms with Crippen LogP contribution in [0.1, 0.15) is 30.8 Å². The van der Waals surface area contributed by atoms with Crippen LogP contribution in [0, 0.1) is 6.92 Å². The number of aromatic nitrogens is 3. The highest BCUT2D eigenvalue weighted by atomic mass is 79.9. The van der Waals surface area contributed by atoms with Crippen LogP contribution in [0.2, 0.25) is 0 Å². The first-order chi connectivity index (χ1) is 8.58. The van der Waals surface area contributed by atoms with Crippen molar-refractivity contribution in [2.45, 2.75) is 33.6 Å². The van der Waals surface area contributed by atoms with Gasteiger partial charge >= 0.3 is 0 Å². The minimum absolute atomic E-state index is 0.687. The molecule has 2 aromatic rings. The second-order valence-corrected chi connectivity index (χ2v) is 5.02. The van der Waals surface area contributed by atoms with Crippen LogP contribution in [0.15, 0.2) is 16.7 Å². The molecule has 0 aliphatic carbocycles. The largest absolute Gasteiger partial charge is 0.397 e. The maximum atomic E-state index is 5.85. The van der Waals surface area contributed by atoms with Crippen LogP contribution in [-0.2, 0) is 12.8 Å². The van der Waals surface area contributed by atoms with Crippen molar-refractivity contribution in [1.29, 1.82) is 0 Å². The number of nitrogen functional groups attached to an aromatic ring is 1. The molecule has 0 bridgehead atoms. The van der Waals surface area contributed by atoms with Crippen LogP contribution in [0.3, 0.4) is 0 Å². The molecule has 4 nitrogen and oxygen atoms in total. The van der Waals surface area contributed by atoms with Crippen LogP contribution in [0.25, 0.3) is 5.82 Å². The first-order valence-corrected chi connectivity index (χ1v) is 6.86. The van der Waals surface area contributed by atoms with E-state index in [0.717, 1.165) is 40.1 Å². The Balaban J connectivity index is 2.61. The minimum atomic E-state index is 0.687. The van der Waals surface area contributed by atoms with Gasteiger partial charge in [0.25, 0.3) is 0 Å². The Morgan fingerprint density at radius 2 is 2.06 bits per heavy atom. The molecular weight excluding hydrogens is 292 g/mol. The molecule has 2 aromatic heterocycles. The monoisotopic (exact) mass is 308 g/mol. The summed E-state index contributed by atoms with van der Waals surface area (Å²) in [5, 5.41) is 4.58. The van der Waals surface area contributed by atoms with E-state index < -0.39 is 0 Å². The first-order valence-electron chi connectivity index (χ1n) is 6.07. The summed E-state index contributed by atoms with van der Waals surface area (Å²) >= 11 is 3.56. The number of hydrogen-bond acceptors (Lipinski definition) is 3. The summed E-state index contributed by atoms with van der Waals surface area (Å²) in [4.78, 5) is 4.39. The summed E-state index contributed by atoms with van der Waals surface area (Å²) in [5.74, 6) is 0.804. The quantitative estimate of drug-likeness (QED) is 0.948. The van der Waals surface area contributed by atoms with E-state index in [2.05, 4.69) is 45.9 Å². The van der Waals surface area contributed by atoms with E-state index in [1.54, 1.807) is 6.20 Å². The Morgan fingerprint density at radius 1 is 1.33 bits per heavy atom. The number of aryl methyl sites for hydroxylation is 2. The Bertz CT molecular complexity index is 575. The third kappa shape index (κ3) is 2.14. The number of nitrogens with zero attached hydrogens (tertiary/aromatic N) is 3. The van der Waals surface area contributed by atoms with Gasteiger partial charge in [-0.1, -0.05) is 13.8 Å². The first kappa shape index (κ1) is 13.1. The van der Waals surface area contributed by atoms with Crippen molar-refractivity contribution < 1.29 is 0 Å². The lowest BCUT2D eigenvalue weighted by Crippen LogP contribution is -2.07. The second kappa shape index (κ2) is 5.10. The maximum absolute atomic E-state index is 5.85. The molecule has 0 amide bonds. The van der Waals surface area contributed by atoms with Gasteiger partial charge < -0.3 is 5.73 Å². The topological polar surface area (TPSA) is 56.7 Å². The molecule has 2 rings (SSSR count). The van der Waals surface area contributed by atoms with E-state index in [9.17, 15) is 0 Å². The number of halogens is 1. The number of pyridine rings is 1. The highest BCUT2D eigenvalue weighted by Crippen LogP contribution is 2.27. The van der Waals surface area contributed by atoms with Gasteiger partial charge in [-0.15, -0.1) is 0 Å². The Kier molecular flexibility index (Phi) is 3.71. The average molecular weight is 309 g/mol. The molecule has 5 heteroatoms. The molecule has 0 aromatic carbocycles. The predicted octanol–water partition coefficient (Wildman–Crippen LogP) is 3.05. The summed E-state index contributed by atoms with van der Waals surface area (Å²) < 4.78 is 2.80. The number of nitrogens with two attached hydrogens (primary N) is 1. The summed E-state index contributed by atoms with van der Waals surface area (Å²) in [5.41, 5.74) is 9.77. The average Bonchev–Trinajstić information content (AvgIpc) is 2.79. The zero-order valence-electron chi connectivity index (χ0n) is 10.9. The Morgan fingerprint density at radius 3 is 2.67 bits per heavy atom. The molecule has 0 spiro atoms. The van der Waals surface area contributed by atoms with Crippen LogP contribution in [0.4, 0.5) is 5.69 Å². The van der Waals surface area contributed by atoms with E-state index in [4.69, 9.17) is 5.73 Å². The highest BCUT2D eigenvalue weighted by molar-refractivity contribution is 9.10. The summed E-state index contributed by atoms with van der Waals surface area (Å²) in [7, 11) is 0. The van der Waals surface area contributed by atoms with Crippen molar-refractivity contribution in [1.82, 2.24) is 14.8 Å². The molecule has 0 saturated carbocycles. The van der Waals surface area contributed by atoms with Crippen LogP contribution in [0.5, 0.6) is 0 Å². The van der Waals surface area contributed by atoms with Crippen molar-refractivity contribution in [2.75, 3.05) is 5.73 Å². The van der Waals surface area contributed by atoms with Gasteiger partial charge in [-0.3, -0.25) is 0 Å². The zero-order valence-corrected chi connectivity index (χ0v) is 12.5. The molecule has 18 heavy (non-hydrogen) atoms. The van der Waals surface area contributed by atoms with Crippen molar-refractivity contribution in [3.8, 4) is 5.82 Å². The van der Waals surface area contributed by atoms with E-state index in [-0.39, 0.29) is 0 Å². The van der Waals surface area contributed by atoms with Crippen LogP contribution in [-0.4, -0.2) is 14.8 Å². The van der Waals surface area contributed by atoms with E-state index >= 15 is 0 Å². The molecule has 96 valence electrons. The lowest BCUT2D eigenvalue weighted by molar-refractivity contribution is 0.768. The van der Waals surface area contributed by atoms with Gasteiger partial charge in [-0.05, 0) is 47.3 Å². The third-order valence-corrected chi connectivity index (χ3v) is 3.99. The third-order valence-electron chi connectivity index (χ3n) is 3.04. The van der Waals surface area contributed by atoms with Gasteiger partial charge in [-0.2, -0.15) is 5.10 Å². The van der Waals surface area contributed by atoms with E-state index in [1.807, 2.05) is 11.6 Å². The fourth-order valence-corrected chi connectivity index (χ4v) is 2.31. The molecule has 2 N–H and O–H groups in total. The smallest absolute Gasteiger partial charge is 0.168 e. The van der Waals surface area contributed by atoms with Gasteiger partial charge in [0.1, 0.15) is 0 Å². The van der Waals surface area contributed by atoms with Crippen molar-refractivity contribution in [3.63, 3.8) is 0 Å². The lowest BCUT2D eigenvalue weighted by atomic mass is 10.2. The fourth-order valence-electron chi connectivity index (χ4n) is 1.81. The highest BCUT2D eigenvalue weighted by Gasteiger charge is 2.14. The van der Waals surface area contributed by atoms with Gasteiger partial charge in [0, 0.05) is 5.69 Å². The SMILES string of the molecule is CCc1cc(CC)n(-c2ncc(N)c(C)c2Br)n1. The number of rotatable bonds is 3. The molecule has 0 atom stereocenters. The molecule has 0 radical (unpaired) electrons. The van der Waals surface area contributed by atoms with E-state index in [0.29, 0.717) is 5.69 Å². The van der Waals surface area contributed by atoms with Gasteiger partial charge in [-0.25, -0.2) is 9.67 Å². The van der Waals surface area contributed by atoms with Crippen LogP contribution < -0.4 is 5.73 Å². The summed E-state index contributed by atoms with van der Waals surface area (Å²) in [6.07, 6.45) is 3.53. The normalized spacial score (nSPS) is 10.9. The molecule has 0 unspecified atom stereocenters. The van der Waals surface area contributed by atoms with Crippen molar-refractivity contribution in [2.24, 2.45) is 0 Å². The summed E-state index contributed by atoms with van der Waals surface area (Å²) in [6.45, 7) is 6.19. The fraction of sp³-hybridized carbons (Fsp3) is 0.385. The van der Waals surface area contributed by atoms with Crippen LogP contribution >= 0.6 is 15.9 Å². The minimum Gasteiger partial charge on any atom is -0.397 e. The lowest BCUT2D eigenvalue weighted by Gasteiger charge is -2.10. The van der Waals surface area contributed by atoms with Crippen molar-refractivity contribution >= 4 is 21.6 Å². The molecule has 0 saturated heterocycles. The zero-order chi connectivity index (χ0) is 13.3. The number of anilines is 1. The molecule has 0 fully saturated rings. The summed E-state index contributed by atoms with van der Waals surface area (Å²) in [6, 6.07) is 2.12. The predicted molar refractivity (Wildman–Crippen MR) is 77.0 cm³/mol. The Labute approximate surface area is 115 Å². The van der Waals surface area contributed by atoms with Gasteiger partial charge in [0.15, 0.2) is 5.82 Å². The second-order valence-electron chi connectivity index (χ2n) is 4.22. The maximum Gasteiger partial charge on any atom is 0.168 e. The molecule has 0 aliphatic rings. The Hall–Kier alpha value is -1.36. The van der Waals surface area contributed by atoms with E-state index in [1.165, 1.54) is 0 Å². The molecule has 2 heterocycles. The number of hydrogen-bond donors (Lipinski definition) is 1. The van der Waals surface area contributed by atoms with Gasteiger partial charge in [0.05, 0.1) is 22.1 Å².